The number of unbranched alkanes of at least 4 members (excludes halogenated alkanes) is 3. The molecule has 0 saturated carbocycles. The van der Waals surface area contributed by atoms with Crippen molar-refractivity contribution in [3.8, 4) is 0 Å². The summed E-state index contributed by atoms with van der Waals surface area (Å²) in [6.07, 6.45) is 5.72. The molecule has 0 aliphatic carbocycles. The number of ether oxygens (including phenoxy) is 1. The Morgan fingerprint density at radius 3 is 2.03 bits per heavy atom. The molecule has 1 aromatic heterocycles. The molecule has 0 aromatic carbocycles. The minimum atomic E-state index is -4.37. The molecule has 1 heterocycles. The van der Waals surface area contributed by atoms with Gasteiger partial charge in [0.15, 0.2) is 0 Å². The number of hydrogen-bond acceptors (Lipinski definition) is 3. The Balaban J connectivity index is 2.62. The third kappa shape index (κ3) is 10.6. The van der Waals surface area contributed by atoms with Crippen LogP contribution in [0.2, 0.25) is 13.3 Å². The molecule has 0 saturated heterocycles. The predicted octanol–water partition coefficient (Wildman–Crippen LogP) is 7.31. The summed E-state index contributed by atoms with van der Waals surface area (Å²) in [6.45, 7) is 9.33. The molecule has 7 heteroatoms. The number of aliphatic imine (C=N–C) groups is 1. The van der Waals surface area contributed by atoms with Crippen molar-refractivity contribution in [3.05, 3.63) is 29.6 Å². The van der Waals surface area contributed by atoms with E-state index in [1.54, 1.807) is 0 Å². The van der Waals surface area contributed by atoms with E-state index >= 15 is 0 Å². The van der Waals surface area contributed by atoms with Crippen molar-refractivity contribution in [1.82, 2.24) is 4.98 Å². The average Bonchev–Trinajstić information content (AvgIpc) is 2.72. The maximum absolute atomic E-state index is 12.6. The first-order chi connectivity index (χ1) is 14.3. The Hall–Kier alpha value is -0.631. The van der Waals surface area contributed by atoms with Crippen molar-refractivity contribution in [1.29, 1.82) is 0 Å². The molecule has 1 atom stereocenters. The predicted molar refractivity (Wildman–Crippen MR) is 122 cm³/mol. The van der Waals surface area contributed by atoms with Crippen LogP contribution in [0.3, 0.4) is 0 Å². The SMILES string of the molecule is CCC[CH2][Sn]([CH2]CCC)([CH2]CCC)[CH2]OC[C@@H](C)N=Cc1ccc(C(F)(F)F)cn1. The van der Waals surface area contributed by atoms with Gasteiger partial charge in [0.05, 0.1) is 0 Å². The van der Waals surface area contributed by atoms with E-state index in [4.69, 9.17) is 4.74 Å². The van der Waals surface area contributed by atoms with Crippen LogP contribution in [-0.2, 0) is 10.9 Å². The molecule has 0 amide bonds. The molecule has 0 aliphatic rings. The average molecular weight is 535 g/mol. The summed E-state index contributed by atoms with van der Waals surface area (Å²) in [5.41, 5.74) is -0.316. The number of aromatic nitrogens is 1. The van der Waals surface area contributed by atoms with Gasteiger partial charge in [-0.15, -0.1) is 0 Å². The Labute approximate surface area is 184 Å². The van der Waals surface area contributed by atoms with Crippen LogP contribution in [-0.4, -0.2) is 46.8 Å². The number of rotatable bonds is 15. The summed E-state index contributed by atoms with van der Waals surface area (Å²) in [6, 6.07) is 2.34. The van der Waals surface area contributed by atoms with E-state index in [0.717, 1.165) is 16.9 Å². The number of halogens is 3. The first kappa shape index (κ1) is 27.4. The monoisotopic (exact) mass is 536 g/mol. The van der Waals surface area contributed by atoms with Gasteiger partial charge < -0.3 is 0 Å². The van der Waals surface area contributed by atoms with Crippen molar-refractivity contribution >= 4 is 24.6 Å². The zero-order valence-electron chi connectivity index (χ0n) is 19.1. The molecule has 0 radical (unpaired) electrons. The van der Waals surface area contributed by atoms with Crippen LogP contribution in [0.5, 0.6) is 0 Å². The van der Waals surface area contributed by atoms with E-state index in [1.165, 1.54) is 64.1 Å². The van der Waals surface area contributed by atoms with E-state index < -0.39 is 30.1 Å². The first-order valence-electron chi connectivity index (χ1n) is 11.4. The third-order valence-electron chi connectivity index (χ3n) is 5.52. The van der Waals surface area contributed by atoms with Gasteiger partial charge in [-0.05, 0) is 0 Å². The summed E-state index contributed by atoms with van der Waals surface area (Å²) >= 11 is -2.29. The van der Waals surface area contributed by atoms with Gasteiger partial charge >= 0.3 is 185 Å². The number of nitrogens with zero attached hydrogens (tertiary/aromatic N) is 2. The molecule has 3 nitrogen and oxygen atoms in total. The summed E-state index contributed by atoms with van der Waals surface area (Å²) in [4.78, 5) is 8.26. The van der Waals surface area contributed by atoms with Crippen LogP contribution in [0.15, 0.2) is 23.3 Å². The van der Waals surface area contributed by atoms with Crippen molar-refractivity contribution in [2.75, 3.05) is 11.2 Å². The standard InChI is InChI=1S/C11H12F3N2O.3C4H9.Sn/c1-8(7-17-2)15-6-10-4-3-9(5-16-10)11(12,13)14;3*1-3-4-2;/h3-6,8H,2,7H2,1H3;3*1,3-4H2,2H3;/t8-;;;;/m1..../s1. The van der Waals surface area contributed by atoms with E-state index in [-0.39, 0.29) is 6.04 Å². The molecule has 30 heavy (non-hydrogen) atoms. The van der Waals surface area contributed by atoms with Gasteiger partial charge in [-0.3, -0.25) is 0 Å². The molecule has 1 rings (SSSR count). The second-order valence-electron chi connectivity index (χ2n) is 8.42. The molecule has 0 unspecified atom stereocenters. The van der Waals surface area contributed by atoms with Crippen LogP contribution < -0.4 is 0 Å². The van der Waals surface area contributed by atoms with Gasteiger partial charge in [-0.1, -0.05) is 0 Å². The Kier molecular flexibility index (Phi) is 13.2. The molecule has 0 N–H and O–H groups in total. The Morgan fingerprint density at radius 2 is 1.60 bits per heavy atom. The van der Waals surface area contributed by atoms with Gasteiger partial charge in [-0.2, -0.15) is 0 Å². The second kappa shape index (κ2) is 14.4. The van der Waals surface area contributed by atoms with Crippen LogP contribution in [0.1, 0.15) is 77.5 Å². The molecule has 1 aromatic rings. The fraction of sp³-hybridized carbons (Fsp3) is 0.739. The molecule has 172 valence electrons. The zero-order chi connectivity index (χ0) is 22.5. The Bertz CT molecular complexity index is 584. The topological polar surface area (TPSA) is 34.5 Å². The summed E-state index contributed by atoms with van der Waals surface area (Å²) < 4.78 is 49.3. The number of hydrogen-bond donors (Lipinski definition) is 0. The van der Waals surface area contributed by atoms with Crippen molar-refractivity contribution in [3.63, 3.8) is 0 Å². The van der Waals surface area contributed by atoms with Crippen molar-refractivity contribution in [2.24, 2.45) is 4.99 Å². The molecule has 0 aliphatic heterocycles. The molecular formula is C23H39F3N2OSn. The molecule has 0 bridgehead atoms. The first-order valence-corrected chi connectivity index (χ1v) is 19.5. The fourth-order valence-electron chi connectivity index (χ4n) is 3.59. The van der Waals surface area contributed by atoms with Gasteiger partial charge in [0.1, 0.15) is 0 Å². The van der Waals surface area contributed by atoms with Crippen LogP contribution in [0.25, 0.3) is 0 Å². The van der Waals surface area contributed by atoms with E-state index in [0.29, 0.717) is 12.3 Å². The summed E-state index contributed by atoms with van der Waals surface area (Å²) in [5, 5.41) is 0. The van der Waals surface area contributed by atoms with Gasteiger partial charge in [0.25, 0.3) is 0 Å². The van der Waals surface area contributed by atoms with Crippen LogP contribution in [0.4, 0.5) is 13.2 Å². The van der Waals surface area contributed by atoms with Gasteiger partial charge in [0.2, 0.25) is 0 Å². The van der Waals surface area contributed by atoms with Gasteiger partial charge in [-0.25, -0.2) is 0 Å². The normalized spacial score (nSPS) is 13.8. The van der Waals surface area contributed by atoms with E-state index in [2.05, 4.69) is 30.7 Å². The fourth-order valence-corrected chi connectivity index (χ4v) is 18.0. The number of alkyl halides is 3. The second-order valence-corrected chi connectivity index (χ2v) is 22.1. The molecule has 0 fully saturated rings. The minimum absolute atomic E-state index is 0.0402. The summed E-state index contributed by atoms with van der Waals surface area (Å²) in [7, 11) is 0. The number of pyridine rings is 1. The van der Waals surface area contributed by atoms with Crippen molar-refractivity contribution in [2.45, 2.75) is 91.7 Å². The van der Waals surface area contributed by atoms with E-state index in [1.807, 2.05) is 6.92 Å². The third-order valence-corrected chi connectivity index (χ3v) is 20.0. The van der Waals surface area contributed by atoms with Crippen molar-refractivity contribution < 1.29 is 17.9 Å². The molecule has 0 spiro atoms. The van der Waals surface area contributed by atoms with E-state index in [9.17, 15) is 13.2 Å². The molecular weight excluding hydrogens is 496 g/mol. The summed E-state index contributed by atoms with van der Waals surface area (Å²) in [5.74, 6) is 0. The maximum atomic E-state index is 12.6. The van der Waals surface area contributed by atoms with Gasteiger partial charge in [0, 0.05) is 0 Å². The quantitative estimate of drug-likeness (QED) is 0.174. The van der Waals surface area contributed by atoms with Crippen LogP contribution in [0, 0.1) is 0 Å². The zero-order valence-corrected chi connectivity index (χ0v) is 22.0. The van der Waals surface area contributed by atoms with Crippen LogP contribution >= 0.6 is 0 Å². The Morgan fingerprint density at radius 1 is 1.03 bits per heavy atom.